The molecule has 5 nitrogen and oxygen atoms in total. The third-order valence-corrected chi connectivity index (χ3v) is 5.06. The van der Waals surface area contributed by atoms with Crippen molar-refractivity contribution in [2.45, 2.75) is 32.1 Å². The zero-order chi connectivity index (χ0) is 15.4. The number of nitriles is 1. The topological polar surface area (TPSA) is 63.0 Å². The van der Waals surface area contributed by atoms with Crippen LogP contribution in [0.5, 0.6) is 0 Å². The lowest BCUT2D eigenvalue weighted by Crippen LogP contribution is -2.45. The van der Waals surface area contributed by atoms with Crippen molar-refractivity contribution in [2.75, 3.05) is 0 Å². The fourth-order valence-electron chi connectivity index (χ4n) is 3.96. The highest BCUT2D eigenvalue weighted by molar-refractivity contribution is 6.00. The zero-order valence-corrected chi connectivity index (χ0v) is 12.3. The molecule has 1 heterocycles. The Morgan fingerprint density at radius 1 is 1.62 bits per heavy atom. The summed E-state index contributed by atoms with van der Waals surface area (Å²) in [5.74, 6) is -0.0957. The second kappa shape index (κ2) is 4.30. The standard InChI is InChI=1S/C16H16N4O/c1-9-11-6-5-10-13(8-17)20(4)19-15(10)16(11,2)7-12(18-3)14(9)21/h7,9,11H,5-6H2,1-2,4H3/t9-,11-,16-/m0/s1. The lowest BCUT2D eigenvalue weighted by atomic mass is 9.58. The molecule has 1 aromatic heterocycles. The Bertz CT molecular complexity index is 758. The number of carbonyl (C=O) groups excluding carboxylic acids is 1. The van der Waals surface area contributed by atoms with E-state index in [9.17, 15) is 10.1 Å². The summed E-state index contributed by atoms with van der Waals surface area (Å²) < 4.78 is 1.62. The van der Waals surface area contributed by atoms with Gasteiger partial charge in [0.1, 0.15) is 11.8 Å². The minimum atomic E-state index is -0.437. The summed E-state index contributed by atoms with van der Waals surface area (Å²) in [7, 11) is 1.77. The number of Topliss-reactive ketones (excluding diaryl/α,β-unsaturated/α-hetero) is 1. The highest BCUT2D eigenvalue weighted by Crippen LogP contribution is 2.49. The van der Waals surface area contributed by atoms with Crippen LogP contribution in [0.3, 0.4) is 0 Å². The third kappa shape index (κ3) is 1.61. The molecule has 1 aromatic rings. The summed E-state index contributed by atoms with van der Waals surface area (Å²) in [4.78, 5) is 15.6. The van der Waals surface area contributed by atoms with Crippen molar-refractivity contribution in [1.82, 2.24) is 9.78 Å². The first-order valence-corrected chi connectivity index (χ1v) is 7.05. The van der Waals surface area contributed by atoms with E-state index in [0.29, 0.717) is 5.69 Å². The van der Waals surface area contributed by atoms with Gasteiger partial charge >= 0.3 is 0 Å². The van der Waals surface area contributed by atoms with Crippen LogP contribution in [0.15, 0.2) is 11.8 Å². The summed E-state index contributed by atoms with van der Waals surface area (Å²) in [5, 5.41) is 13.8. The van der Waals surface area contributed by atoms with Gasteiger partial charge in [0.2, 0.25) is 5.70 Å². The van der Waals surface area contributed by atoms with E-state index in [4.69, 9.17) is 6.57 Å². The summed E-state index contributed by atoms with van der Waals surface area (Å²) >= 11 is 0. The monoisotopic (exact) mass is 280 g/mol. The molecule has 0 saturated carbocycles. The fraction of sp³-hybridized carbons (Fsp3) is 0.500. The maximum atomic E-state index is 12.2. The molecular formula is C16H16N4O. The van der Waals surface area contributed by atoms with E-state index in [1.165, 1.54) is 0 Å². The van der Waals surface area contributed by atoms with Gasteiger partial charge in [-0.1, -0.05) is 19.9 Å². The quantitative estimate of drug-likeness (QED) is 0.684. The number of carbonyl (C=O) groups is 1. The highest BCUT2D eigenvalue weighted by Gasteiger charge is 2.50. The number of hydrogen-bond acceptors (Lipinski definition) is 3. The molecule has 21 heavy (non-hydrogen) atoms. The van der Waals surface area contributed by atoms with E-state index in [-0.39, 0.29) is 23.3 Å². The van der Waals surface area contributed by atoms with Gasteiger partial charge in [0.15, 0.2) is 5.78 Å². The molecule has 3 atom stereocenters. The molecule has 0 amide bonds. The highest BCUT2D eigenvalue weighted by atomic mass is 16.1. The Morgan fingerprint density at radius 3 is 2.95 bits per heavy atom. The number of allylic oxidation sites excluding steroid dienone is 2. The minimum absolute atomic E-state index is 0.0626. The van der Waals surface area contributed by atoms with E-state index in [1.54, 1.807) is 17.8 Å². The largest absolute Gasteiger partial charge is 0.308 e. The first-order chi connectivity index (χ1) is 9.93. The van der Waals surface area contributed by atoms with Crippen LogP contribution in [0.2, 0.25) is 0 Å². The normalized spacial score (nSPS) is 30.7. The molecule has 2 aliphatic carbocycles. The summed E-state index contributed by atoms with van der Waals surface area (Å²) in [5.41, 5.74) is 2.19. The number of aromatic nitrogens is 2. The van der Waals surface area contributed by atoms with Gasteiger partial charge in [0.05, 0.1) is 12.3 Å². The zero-order valence-electron chi connectivity index (χ0n) is 12.3. The summed E-state index contributed by atoms with van der Waals surface area (Å²) in [6.07, 6.45) is 3.39. The van der Waals surface area contributed by atoms with Crippen molar-refractivity contribution in [2.24, 2.45) is 18.9 Å². The van der Waals surface area contributed by atoms with E-state index < -0.39 is 5.41 Å². The van der Waals surface area contributed by atoms with Gasteiger partial charge in [-0.25, -0.2) is 4.85 Å². The maximum Gasteiger partial charge on any atom is 0.226 e. The van der Waals surface area contributed by atoms with E-state index in [1.807, 2.05) is 13.8 Å². The van der Waals surface area contributed by atoms with Crippen molar-refractivity contribution in [3.63, 3.8) is 0 Å². The Labute approximate surface area is 123 Å². The summed E-state index contributed by atoms with van der Waals surface area (Å²) in [6.45, 7) is 11.2. The molecule has 0 saturated heterocycles. The molecule has 0 spiro atoms. The van der Waals surface area contributed by atoms with Crippen molar-refractivity contribution in [1.29, 1.82) is 5.26 Å². The molecule has 0 aromatic carbocycles. The summed E-state index contributed by atoms with van der Waals surface area (Å²) in [6, 6.07) is 2.21. The molecule has 106 valence electrons. The first-order valence-electron chi connectivity index (χ1n) is 7.05. The second-order valence-electron chi connectivity index (χ2n) is 6.13. The molecule has 0 bridgehead atoms. The molecule has 0 aliphatic heterocycles. The van der Waals surface area contributed by atoms with Crippen LogP contribution < -0.4 is 0 Å². The van der Waals surface area contributed by atoms with Crippen molar-refractivity contribution in [3.8, 4) is 6.07 Å². The second-order valence-corrected chi connectivity index (χ2v) is 6.13. The predicted molar refractivity (Wildman–Crippen MR) is 75.9 cm³/mol. The molecular weight excluding hydrogens is 264 g/mol. The van der Waals surface area contributed by atoms with Crippen LogP contribution in [0.25, 0.3) is 4.85 Å². The minimum Gasteiger partial charge on any atom is -0.308 e. The molecule has 0 unspecified atom stereocenters. The number of hydrogen-bond donors (Lipinski definition) is 0. The SMILES string of the molecule is [C-]#[N+]C1=C[C@]2(C)c3nn(C)c(C#N)c3CC[C@H]2[C@H](C)C1=O. The molecule has 3 rings (SSSR count). The van der Waals surface area contributed by atoms with Crippen molar-refractivity contribution < 1.29 is 4.79 Å². The molecule has 0 fully saturated rings. The smallest absolute Gasteiger partial charge is 0.226 e. The van der Waals surface area contributed by atoms with E-state index >= 15 is 0 Å². The number of nitrogens with zero attached hydrogens (tertiary/aromatic N) is 4. The average Bonchev–Trinajstić information content (AvgIpc) is 2.80. The van der Waals surface area contributed by atoms with Crippen LogP contribution in [-0.2, 0) is 23.7 Å². The number of rotatable bonds is 0. The van der Waals surface area contributed by atoms with Crippen molar-refractivity contribution >= 4 is 5.78 Å². The Hall–Kier alpha value is -2.40. The van der Waals surface area contributed by atoms with Crippen LogP contribution in [0.1, 0.15) is 37.2 Å². The van der Waals surface area contributed by atoms with Gasteiger partial charge in [-0.3, -0.25) is 4.68 Å². The van der Waals surface area contributed by atoms with Gasteiger partial charge in [-0.15, -0.1) is 0 Å². The van der Waals surface area contributed by atoms with Crippen LogP contribution in [0.4, 0.5) is 0 Å². The van der Waals surface area contributed by atoms with Gasteiger partial charge in [0, 0.05) is 23.9 Å². The van der Waals surface area contributed by atoms with E-state index in [2.05, 4.69) is 16.0 Å². The van der Waals surface area contributed by atoms with Crippen molar-refractivity contribution in [3.05, 3.63) is 40.1 Å². The van der Waals surface area contributed by atoms with Crippen LogP contribution in [0, 0.1) is 29.7 Å². The van der Waals surface area contributed by atoms with Crippen LogP contribution >= 0.6 is 0 Å². The van der Waals surface area contributed by atoms with Crippen LogP contribution in [-0.4, -0.2) is 15.6 Å². The molecule has 2 aliphatic rings. The Kier molecular flexibility index (Phi) is 2.78. The van der Waals surface area contributed by atoms with Gasteiger partial charge < -0.3 is 4.79 Å². The third-order valence-electron chi connectivity index (χ3n) is 5.06. The number of aryl methyl sites for hydroxylation is 1. The predicted octanol–water partition coefficient (Wildman–Crippen LogP) is 2.13. The Balaban J connectivity index is 2.27. The molecule has 0 radical (unpaired) electrons. The first kappa shape index (κ1) is 13.6. The number of fused-ring (bicyclic) bond motifs is 3. The van der Waals surface area contributed by atoms with Gasteiger partial charge in [0.25, 0.3) is 0 Å². The van der Waals surface area contributed by atoms with Gasteiger partial charge in [-0.05, 0) is 18.8 Å². The lowest BCUT2D eigenvalue weighted by Gasteiger charge is -2.44. The molecule has 5 heteroatoms. The van der Waals surface area contributed by atoms with E-state index in [0.717, 1.165) is 24.1 Å². The molecule has 0 N–H and O–H groups in total. The Morgan fingerprint density at radius 2 is 2.33 bits per heavy atom. The maximum absolute atomic E-state index is 12.2. The average molecular weight is 280 g/mol. The fourth-order valence-corrected chi connectivity index (χ4v) is 3.96. The lowest BCUT2D eigenvalue weighted by molar-refractivity contribution is -0.121. The number of ketones is 1. The van der Waals surface area contributed by atoms with Gasteiger partial charge in [-0.2, -0.15) is 10.4 Å².